The Morgan fingerprint density at radius 1 is 1.25 bits per heavy atom. The number of carbonyl (C=O) groups excluding carboxylic acids is 3. The molecular formula is C17H20N2O5. The Labute approximate surface area is 140 Å². The lowest BCUT2D eigenvalue weighted by atomic mass is 9.93. The van der Waals surface area contributed by atoms with Crippen LogP contribution in [0, 0.1) is 0 Å². The van der Waals surface area contributed by atoms with Crippen LogP contribution in [0.1, 0.15) is 32.4 Å². The van der Waals surface area contributed by atoms with Crippen molar-refractivity contribution in [3.63, 3.8) is 0 Å². The van der Waals surface area contributed by atoms with E-state index in [0.717, 1.165) is 4.90 Å². The predicted molar refractivity (Wildman–Crippen MR) is 86.1 cm³/mol. The summed E-state index contributed by atoms with van der Waals surface area (Å²) in [5.74, 6) is -0.406. The van der Waals surface area contributed by atoms with E-state index in [1.165, 1.54) is 6.92 Å². The third-order valence-electron chi connectivity index (χ3n) is 3.72. The van der Waals surface area contributed by atoms with Crippen molar-refractivity contribution in [3.05, 3.63) is 41.1 Å². The highest BCUT2D eigenvalue weighted by molar-refractivity contribution is 6.01. The Balaban J connectivity index is 2.58. The Kier molecular flexibility index (Phi) is 5.23. The van der Waals surface area contributed by atoms with Gasteiger partial charge in [0.05, 0.1) is 19.3 Å². The molecule has 0 bridgehead atoms. The van der Waals surface area contributed by atoms with Crippen LogP contribution in [0.3, 0.4) is 0 Å². The van der Waals surface area contributed by atoms with Crippen LogP contribution in [0.25, 0.3) is 0 Å². The largest absolute Gasteiger partial charge is 0.497 e. The van der Waals surface area contributed by atoms with Crippen LogP contribution in [0.4, 0.5) is 4.79 Å². The summed E-state index contributed by atoms with van der Waals surface area (Å²) in [6, 6.07) is 5.42. The minimum absolute atomic E-state index is 0.193. The highest BCUT2D eigenvalue weighted by atomic mass is 16.5. The number of ether oxygens (including phenoxy) is 2. The molecule has 1 heterocycles. The normalized spacial score (nSPS) is 17.4. The summed E-state index contributed by atoms with van der Waals surface area (Å²) in [5, 5.41) is 2.54. The molecule has 2 rings (SSSR count). The second-order valence-corrected chi connectivity index (χ2v) is 5.25. The van der Waals surface area contributed by atoms with Gasteiger partial charge in [0.2, 0.25) is 5.91 Å². The summed E-state index contributed by atoms with van der Waals surface area (Å²) in [6.45, 7) is 4.77. The van der Waals surface area contributed by atoms with Gasteiger partial charge in [0.15, 0.2) is 0 Å². The van der Waals surface area contributed by atoms with Crippen LogP contribution in [0.2, 0.25) is 0 Å². The molecule has 0 saturated heterocycles. The summed E-state index contributed by atoms with van der Waals surface area (Å²) in [4.78, 5) is 37.7. The Hall–Kier alpha value is -2.83. The van der Waals surface area contributed by atoms with Crippen LogP contribution < -0.4 is 10.1 Å². The Bertz CT molecular complexity index is 693. The van der Waals surface area contributed by atoms with E-state index in [-0.39, 0.29) is 12.2 Å². The van der Waals surface area contributed by atoms with Crippen LogP contribution in [0.5, 0.6) is 5.75 Å². The van der Waals surface area contributed by atoms with Crippen molar-refractivity contribution in [3.8, 4) is 5.75 Å². The fraction of sp³-hybridized carbons (Fsp3) is 0.353. The van der Waals surface area contributed by atoms with Crippen LogP contribution in [0.15, 0.2) is 35.5 Å². The number of allylic oxidation sites excluding steroid dienone is 1. The van der Waals surface area contributed by atoms with Crippen molar-refractivity contribution < 1.29 is 23.9 Å². The number of rotatable bonds is 4. The first-order chi connectivity index (χ1) is 11.4. The lowest BCUT2D eigenvalue weighted by molar-refractivity contribution is -0.139. The van der Waals surface area contributed by atoms with Crippen molar-refractivity contribution in [2.75, 3.05) is 13.7 Å². The number of carbonyl (C=O) groups is 3. The molecule has 3 amide bonds. The summed E-state index contributed by atoms with van der Waals surface area (Å²) >= 11 is 0. The smallest absolute Gasteiger partial charge is 0.338 e. The van der Waals surface area contributed by atoms with Crippen molar-refractivity contribution in [2.45, 2.75) is 26.8 Å². The van der Waals surface area contributed by atoms with Crippen molar-refractivity contribution in [1.82, 2.24) is 10.2 Å². The molecule has 0 radical (unpaired) electrons. The number of nitrogens with one attached hydrogen (secondary N) is 1. The van der Waals surface area contributed by atoms with E-state index in [1.807, 2.05) is 0 Å². The summed E-state index contributed by atoms with van der Waals surface area (Å²) in [5.41, 5.74) is 1.22. The molecule has 7 nitrogen and oxygen atoms in total. The molecule has 1 aromatic rings. The molecule has 7 heteroatoms. The number of amides is 3. The highest BCUT2D eigenvalue weighted by Crippen LogP contribution is 2.35. The van der Waals surface area contributed by atoms with E-state index >= 15 is 0 Å². The third kappa shape index (κ3) is 3.24. The number of urea groups is 1. The topological polar surface area (TPSA) is 84.9 Å². The minimum atomic E-state index is -0.846. The first-order valence-corrected chi connectivity index (χ1v) is 7.53. The van der Waals surface area contributed by atoms with Gasteiger partial charge >= 0.3 is 12.0 Å². The van der Waals surface area contributed by atoms with E-state index in [0.29, 0.717) is 17.0 Å². The van der Waals surface area contributed by atoms with Crippen molar-refractivity contribution in [1.29, 1.82) is 0 Å². The maximum absolute atomic E-state index is 12.4. The van der Waals surface area contributed by atoms with E-state index in [4.69, 9.17) is 9.47 Å². The molecule has 1 N–H and O–H groups in total. The zero-order chi connectivity index (χ0) is 17.9. The number of esters is 1. The van der Waals surface area contributed by atoms with Gasteiger partial charge in [-0.25, -0.2) is 9.59 Å². The van der Waals surface area contributed by atoms with Crippen LogP contribution in [-0.4, -0.2) is 36.5 Å². The molecule has 1 aliphatic rings. The van der Waals surface area contributed by atoms with Crippen molar-refractivity contribution >= 4 is 17.9 Å². The Morgan fingerprint density at radius 3 is 2.38 bits per heavy atom. The SMILES string of the molecule is CCOC(=O)C1=C(C)NC(=O)N(C(C)=O)[C@H]1c1ccc(OC)cc1. The molecule has 24 heavy (non-hydrogen) atoms. The average molecular weight is 332 g/mol. The van der Waals surface area contributed by atoms with Crippen LogP contribution >= 0.6 is 0 Å². The molecule has 0 aromatic heterocycles. The second kappa shape index (κ2) is 7.16. The van der Waals surface area contributed by atoms with E-state index in [9.17, 15) is 14.4 Å². The van der Waals surface area contributed by atoms with E-state index < -0.39 is 23.9 Å². The summed E-state index contributed by atoms with van der Waals surface area (Å²) in [6.07, 6.45) is 0. The number of imide groups is 1. The zero-order valence-corrected chi connectivity index (χ0v) is 14.1. The van der Waals surface area contributed by atoms with Gasteiger partial charge in [0.25, 0.3) is 0 Å². The van der Waals surface area contributed by atoms with Gasteiger partial charge in [-0.2, -0.15) is 0 Å². The lowest BCUT2D eigenvalue weighted by Gasteiger charge is -2.35. The Morgan fingerprint density at radius 2 is 1.88 bits per heavy atom. The fourth-order valence-electron chi connectivity index (χ4n) is 2.64. The molecule has 0 saturated carbocycles. The van der Waals surface area contributed by atoms with Gasteiger partial charge in [0, 0.05) is 12.6 Å². The quantitative estimate of drug-likeness (QED) is 0.854. The molecule has 1 aromatic carbocycles. The average Bonchev–Trinajstić information content (AvgIpc) is 2.53. The number of hydrogen-bond acceptors (Lipinski definition) is 5. The lowest BCUT2D eigenvalue weighted by Crippen LogP contribution is -2.50. The van der Waals surface area contributed by atoms with E-state index in [2.05, 4.69) is 5.32 Å². The summed E-state index contributed by atoms with van der Waals surface area (Å²) < 4.78 is 10.2. The molecular weight excluding hydrogens is 312 g/mol. The van der Waals surface area contributed by atoms with Gasteiger partial charge in [0.1, 0.15) is 11.8 Å². The molecule has 0 unspecified atom stereocenters. The summed E-state index contributed by atoms with van der Waals surface area (Å²) in [7, 11) is 1.54. The first kappa shape index (κ1) is 17.5. The van der Waals surface area contributed by atoms with Gasteiger partial charge in [-0.05, 0) is 31.5 Å². The van der Waals surface area contributed by atoms with Gasteiger partial charge in [-0.15, -0.1) is 0 Å². The molecule has 1 aliphatic heterocycles. The third-order valence-corrected chi connectivity index (χ3v) is 3.72. The maximum atomic E-state index is 12.4. The first-order valence-electron chi connectivity index (χ1n) is 7.53. The number of nitrogens with zero attached hydrogens (tertiary/aromatic N) is 1. The molecule has 0 aliphatic carbocycles. The molecule has 1 atom stereocenters. The van der Waals surface area contributed by atoms with Gasteiger partial charge in [-0.1, -0.05) is 12.1 Å². The molecule has 128 valence electrons. The fourth-order valence-corrected chi connectivity index (χ4v) is 2.64. The highest BCUT2D eigenvalue weighted by Gasteiger charge is 2.40. The standard InChI is InChI=1S/C17H20N2O5/c1-5-24-16(21)14-10(2)18-17(22)19(11(3)20)15(14)12-6-8-13(23-4)9-7-12/h6-9,15H,5H2,1-4H3,(H,18,22)/t15-/m0/s1. The zero-order valence-electron chi connectivity index (χ0n) is 14.1. The van der Waals surface area contributed by atoms with Gasteiger partial charge in [-0.3, -0.25) is 9.69 Å². The second-order valence-electron chi connectivity index (χ2n) is 5.25. The van der Waals surface area contributed by atoms with E-state index in [1.54, 1.807) is 45.2 Å². The minimum Gasteiger partial charge on any atom is -0.497 e. The predicted octanol–water partition coefficient (Wildman–Crippen LogP) is 2.15. The monoisotopic (exact) mass is 332 g/mol. The van der Waals surface area contributed by atoms with Gasteiger partial charge < -0.3 is 14.8 Å². The van der Waals surface area contributed by atoms with Crippen molar-refractivity contribution in [2.24, 2.45) is 0 Å². The van der Waals surface area contributed by atoms with Crippen LogP contribution in [-0.2, 0) is 14.3 Å². The maximum Gasteiger partial charge on any atom is 0.338 e. The number of hydrogen-bond donors (Lipinski definition) is 1. The molecule has 0 fully saturated rings. The number of methoxy groups -OCH3 is 1. The number of benzene rings is 1. The molecule has 0 spiro atoms.